The van der Waals surface area contributed by atoms with Gasteiger partial charge in [-0.3, -0.25) is 0 Å². The molecule has 3 aromatic heterocycles. The van der Waals surface area contributed by atoms with E-state index in [0.717, 1.165) is 57.8 Å². The third kappa shape index (κ3) is 5.55. The van der Waals surface area contributed by atoms with E-state index in [1.165, 1.54) is 0 Å². The minimum absolute atomic E-state index is 0.143. The highest BCUT2D eigenvalue weighted by molar-refractivity contribution is 6.08. The van der Waals surface area contributed by atoms with Crippen LogP contribution in [0.15, 0.2) is 47.0 Å². The molecular formula is C39H49N4O+. The number of fused-ring (bicyclic) bond motifs is 3. The van der Waals surface area contributed by atoms with E-state index in [4.69, 9.17) is 23.5 Å². The van der Waals surface area contributed by atoms with Crippen molar-refractivity contribution in [3.05, 3.63) is 76.6 Å². The van der Waals surface area contributed by atoms with Gasteiger partial charge in [0.15, 0.2) is 17.7 Å². The largest absolute Gasteiger partial charge is 0.449 e. The standard InChI is InChI=1S/C39H49N4O/c1-23-12-14-29-28-15-13-27(34-40-35(37(4,5)6)42-36(41-34)38(7,8)9)21-31(28)44-33(29)32(23)43-22-30(24(2)20-25(43)3)26-16-18-39(10,11)19-17-26/h12-15,20-22,26H,16-19H2,1-11H3/q+1/i2D3,26D. The van der Waals surface area contributed by atoms with E-state index in [2.05, 4.69) is 73.6 Å². The van der Waals surface area contributed by atoms with Crippen LogP contribution in [0.1, 0.15) is 126 Å². The Morgan fingerprint density at radius 2 is 1.50 bits per heavy atom. The minimum Gasteiger partial charge on any atom is -0.449 e. The molecule has 1 saturated carbocycles. The first kappa shape index (κ1) is 25.7. The molecule has 44 heavy (non-hydrogen) atoms. The maximum atomic E-state index is 9.60. The van der Waals surface area contributed by atoms with Crippen LogP contribution in [0.25, 0.3) is 39.0 Å². The molecular weight excluding hydrogens is 540 g/mol. The molecule has 230 valence electrons. The zero-order valence-electron chi connectivity index (χ0n) is 32.1. The van der Waals surface area contributed by atoms with Crippen molar-refractivity contribution in [3.63, 3.8) is 0 Å². The van der Waals surface area contributed by atoms with Gasteiger partial charge in [0.25, 0.3) is 5.69 Å². The number of benzene rings is 2. The van der Waals surface area contributed by atoms with Gasteiger partial charge in [-0.2, -0.15) is 4.57 Å². The Morgan fingerprint density at radius 1 is 0.864 bits per heavy atom. The van der Waals surface area contributed by atoms with Crippen LogP contribution in [0.3, 0.4) is 0 Å². The van der Waals surface area contributed by atoms with Gasteiger partial charge < -0.3 is 4.42 Å². The Morgan fingerprint density at radius 3 is 2.11 bits per heavy atom. The van der Waals surface area contributed by atoms with Crippen LogP contribution in [0.2, 0.25) is 0 Å². The van der Waals surface area contributed by atoms with Crippen LogP contribution in [-0.4, -0.2) is 15.0 Å². The maximum Gasteiger partial charge on any atom is 0.257 e. The first-order chi connectivity index (χ1) is 22.1. The smallest absolute Gasteiger partial charge is 0.257 e. The average molecular weight is 594 g/mol. The van der Waals surface area contributed by atoms with Gasteiger partial charge in [0.2, 0.25) is 5.58 Å². The maximum absolute atomic E-state index is 9.60. The molecule has 0 bridgehead atoms. The number of pyridine rings is 1. The molecule has 1 aliphatic rings. The Labute approximate surface area is 268 Å². The van der Waals surface area contributed by atoms with Gasteiger partial charge in [-0.25, -0.2) is 15.0 Å². The Bertz CT molecular complexity index is 2020. The lowest BCUT2D eigenvalue weighted by Gasteiger charge is -2.34. The molecule has 0 aliphatic heterocycles. The van der Waals surface area contributed by atoms with E-state index in [1.807, 2.05) is 36.7 Å². The second kappa shape index (κ2) is 10.5. The van der Waals surface area contributed by atoms with Crippen LogP contribution in [-0.2, 0) is 10.8 Å². The number of aryl methyl sites for hydroxylation is 3. The fourth-order valence-corrected chi connectivity index (χ4v) is 6.22. The third-order valence-electron chi connectivity index (χ3n) is 9.16. The predicted molar refractivity (Wildman–Crippen MR) is 181 cm³/mol. The summed E-state index contributed by atoms with van der Waals surface area (Å²) in [5.41, 5.74) is 5.40. The molecule has 0 amide bonds. The normalized spacial score (nSPS) is 18.6. The lowest BCUT2D eigenvalue weighted by atomic mass is 9.71. The molecule has 5 aromatic rings. The highest BCUT2D eigenvalue weighted by atomic mass is 16.3. The molecule has 5 heteroatoms. The number of hydrogen-bond donors (Lipinski definition) is 0. The van der Waals surface area contributed by atoms with Gasteiger partial charge in [-0.15, -0.1) is 0 Å². The lowest BCUT2D eigenvalue weighted by Crippen LogP contribution is -2.36. The molecule has 1 fully saturated rings. The summed E-state index contributed by atoms with van der Waals surface area (Å²) in [5, 5.41) is 1.94. The van der Waals surface area contributed by atoms with Crippen LogP contribution in [0.5, 0.6) is 0 Å². The van der Waals surface area contributed by atoms with Crippen molar-refractivity contribution in [1.29, 1.82) is 0 Å². The Hall–Kier alpha value is -3.60. The average Bonchev–Trinajstić information content (AvgIpc) is 3.35. The molecule has 0 atom stereocenters. The van der Waals surface area contributed by atoms with E-state index in [-0.39, 0.29) is 21.8 Å². The molecule has 0 saturated heterocycles. The Kier molecular flexibility index (Phi) is 6.13. The molecule has 2 aromatic carbocycles. The van der Waals surface area contributed by atoms with Crippen molar-refractivity contribution in [2.75, 3.05) is 0 Å². The zero-order chi connectivity index (χ0) is 35.2. The van der Waals surface area contributed by atoms with Crippen LogP contribution in [0, 0.1) is 26.1 Å². The van der Waals surface area contributed by atoms with Crippen molar-refractivity contribution in [2.45, 2.75) is 118 Å². The van der Waals surface area contributed by atoms with E-state index in [0.29, 0.717) is 35.4 Å². The molecule has 1 aliphatic carbocycles. The number of rotatable bonds is 3. The molecule has 0 unspecified atom stereocenters. The van der Waals surface area contributed by atoms with Crippen LogP contribution < -0.4 is 4.57 Å². The minimum atomic E-state index is -2.33. The highest BCUT2D eigenvalue weighted by Crippen LogP contribution is 2.43. The Balaban J connectivity index is 1.55. The number of hydrogen-bond acceptors (Lipinski definition) is 4. The molecule has 0 radical (unpaired) electrons. The van der Waals surface area contributed by atoms with Crippen molar-refractivity contribution < 1.29 is 14.5 Å². The summed E-state index contributed by atoms with van der Waals surface area (Å²) in [6.07, 6.45) is 4.90. The summed E-state index contributed by atoms with van der Waals surface area (Å²) in [5.74, 6) is 1.13. The fourth-order valence-electron chi connectivity index (χ4n) is 6.22. The molecule has 5 nitrogen and oxygen atoms in total. The predicted octanol–water partition coefficient (Wildman–Crippen LogP) is 9.92. The monoisotopic (exact) mass is 593 g/mol. The first-order valence-corrected chi connectivity index (χ1v) is 15.9. The van der Waals surface area contributed by atoms with Crippen LogP contribution in [0.4, 0.5) is 0 Å². The van der Waals surface area contributed by atoms with Crippen molar-refractivity contribution in [3.8, 4) is 17.1 Å². The van der Waals surface area contributed by atoms with Crippen molar-refractivity contribution in [1.82, 2.24) is 15.0 Å². The third-order valence-corrected chi connectivity index (χ3v) is 9.16. The van der Waals surface area contributed by atoms with Gasteiger partial charge in [0.1, 0.15) is 17.2 Å². The second-order valence-corrected chi connectivity index (χ2v) is 15.6. The molecule has 6 rings (SSSR count). The summed E-state index contributed by atoms with van der Waals surface area (Å²) in [7, 11) is 0. The summed E-state index contributed by atoms with van der Waals surface area (Å²) in [4.78, 5) is 14.7. The lowest BCUT2D eigenvalue weighted by molar-refractivity contribution is -0.602. The molecule has 3 heterocycles. The highest BCUT2D eigenvalue weighted by Gasteiger charge is 2.32. The molecule has 0 N–H and O–H groups in total. The summed E-state index contributed by atoms with van der Waals surface area (Å²) in [6, 6.07) is 12.0. The summed E-state index contributed by atoms with van der Waals surface area (Å²) in [6.45, 7) is 18.8. The fraction of sp³-hybridized carbons (Fsp3) is 0.487. The SMILES string of the molecule is [2H]C([2H])([2H])c1cc(C)[n+](-c2c(C)ccc3c2oc2cc(-c4nc(C(C)(C)C)nc(C(C)(C)C)n4)ccc23)cc1C1([2H])CCC(C)(C)CC1. The topological polar surface area (TPSA) is 55.7 Å². The number of furan rings is 1. The van der Waals surface area contributed by atoms with E-state index >= 15 is 0 Å². The van der Waals surface area contributed by atoms with Crippen LogP contribution >= 0.6 is 0 Å². The summed E-state index contributed by atoms with van der Waals surface area (Å²) < 4.78 is 43.6. The number of aromatic nitrogens is 4. The zero-order valence-corrected chi connectivity index (χ0v) is 28.1. The summed E-state index contributed by atoms with van der Waals surface area (Å²) >= 11 is 0. The quantitative estimate of drug-likeness (QED) is 0.195. The van der Waals surface area contributed by atoms with Crippen molar-refractivity contribution in [2.24, 2.45) is 5.41 Å². The van der Waals surface area contributed by atoms with E-state index < -0.39 is 12.7 Å². The van der Waals surface area contributed by atoms with Gasteiger partial charge >= 0.3 is 0 Å². The molecule has 0 spiro atoms. The van der Waals surface area contributed by atoms with Crippen molar-refractivity contribution >= 4 is 21.9 Å². The first-order valence-electron chi connectivity index (χ1n) is 17.9. The van der Waals surface area contributed by atoms with Gasteiger partial charge in [0.05, 0.1) is 0 Å². The van der Waals surface area contributed by atoms with Gasteiger partial charge in [0, 0.05) is 56.8 Å². The van der Waals surface area contributed by atoms with E-state index in [1.54, 1.807) is 6.07 Å². The van der Waals surface area contributed by atoms with Gasteiger partial charge in [-0.1, -0.05) is 67.5 Å². The number of nitrogens with zero attached hydrogens (tertiary/aromatic N) is 4. The van der Waals surface area contributed by atoms with E-state index in [9.17, 15) is 1.37 Å². The second-order valence-electron chi connectivity index (χ2n) is 15.6. The van der Waals surface area contributed by atoms with Gasteiger partial charge in [-0.05, 0) is 74.5 Å².